The molecule has 0 aromatic carbocycles. The third-order valence-electron chi connectivity index (χ3n) is 2.45. The van der Waals surface area contributed by atoms with Gasteiger partial charge in [0, 0.05) is 0 Å². The lowest BCUT2D eigenvalue weighted by Gasteiger charge is -2.51. The highest BCUT2D eigenvalue weighted by Gasteiger charge is 3.00. The highest BCUT2D eigenvalue weighted by atomic mass is 19.4. The first-order valence-electron chi connectivity index (χ1n) is 3.84. The second-order valence-corrected chi connectivity index (χ2v) is 3.54. The highest BCUT2D eigenvalue weighted by molar-refractivity contribution is 5.22. The number of aliphatic hydroxyl groups is 2. The van der Waals surface area contributed by atoms with E-state index in [1.165, 1.54) is 0 Å². The quantitative estimate of drug-likeness (QED) is 0.529. The van der Waals surface area contributed by atoms with Gasteiger partial charge in [0.25, 0.3) is 0 Å². The Hall–Kier alpha value is -0.780. The number of alkyl halides is 10. The molecule has 1 saturated carbocycles. The van der Waals surface area contributed by atoms with E-state index in [4.69, 9.17) is 10.2 Å². The SMILES string of the molecule is OC1(O)C(F)(F)C(F)(F)C(F)(F)C(F)(F)C1(F)F. The molecule has 0 bridgehead atoms. The molecule has 1 aliphatic carbocycles. The molecule has 12 heteroatoms. The van der Waals surface area contributed by atoms with E-state index in [1.807, 2.05) is 0 Å². The molecule has 1 aliphatic rings. The van der Waals surface area contributed by atoms with Crippen molar-refractivity contribution in [1.29, 1.82) is 0 Å². The Morgan fingerprint density at radius 1 is 0.389 bits per heavy atom. The van der Waals surface area contributed by atoms with E-state index in [0.29, 0.717) is 0 Å². The number of halogens is 10. The fourth-order valence-electron chi connectivity index (χ4n) is 1.23. The van der Waals surface area contributed by atoms with Crippen LogP contribution in [0.5, 0.6) is 0 Å². The first-order chi connectivity index (χ1) is 7.50. The first kappa shape index (κ1) is 15.3. The van der Waals surface area contributed by atoms with Gasteiger partial charge in [-0.15, -0.1) is 0 Å². The van der Waals surface area contributed by atoms with E-state index in [-0.39, 0.29) is 0 Å². The van der Waals surface area contributed by atoms with Gasteiger partial charge in [0.05, 0.1) is 0 Å². The Labute approximate surface area is 90.8 Å². The van der Waals surface area contributed by atoms with Crippen LogP contribution in [0.15, 0.2) is 0 Å². The molecule has 0 atom stereocenters. The summed E-state index contributed by atoms with van der Waals surface area (Å²) in [6.45, 7) is 0. The summed E-state index contributed by atoms with van der Waals surface area (Å²) in [5, 5.41) is 16.2. The normalized spacial score (nSPS) is 34.0. The zero-order valence-corrected chi connectivity index (χ0v) is 7.67. The lowest BCUT2D eigenvalue weighted by molar-refractivity contribution is -0.533. The molecule has 1 rings (SSSR count). The van der Waals surface area contributed by atoms with Crippen molar-refractivity contribution in [2.24, 2.45) is 0 Å². The van der Waals surface area contributed by atoms with Gasteiger partial charge in [0.1, 0.15) is 0 Å². The van der Waals surface area contributed by atoms with Crippen LogP contribution in [-0.4, -0.2) is 45.6 Å². The smallest absolute Gasteiger partial charge is 0.356 e. The van der Waals surface area contributed by atoms with E-state index in [2.05, 4.69) is 0 Å². The number of hydrogen-bond acceptors (Lipinski definition) is 2. The maximum absolute atomic E-state index is 12.6. The summed E-state index contributed by atoms with van der Waals surface area (Å²) in [4.78, 5) is 0. The van der Waals surface area contributed by atoms with Crippen molar-refractivity contribution in [3.8, 4) is 0 Å². The van der Waals surface area contributed by atoms with Crippen LogP contribution in [0.2, 0.25) is 0 Å². The Balaban J connectivity index is 3.72. The summed E-state index contributed by atoms with van der Waals surface area (Å²) in [5.41, 5.74) is 0. The van der Waals surface area contributed by atoms with Crippen LogP contribution in [-0.2, 0) is 0 Å². The number of rotatable bonds is 0. The fraction of sp³-hybridized carbons (Fsp3) is 1.00. The van der Waals surface area contributed by atoms with Crippen molar-refractivity contribution in [3.63, 3.8) is 0 Å². The number of hydrogen-bond donors (Lipinski definition) is 2. The van der Waals surface area contributed by atoms with Crippen molar-refractivity contribution in [2.45, 2.75) is 35.4 Å². The van der Waals surface area contributed by atoms with Crippen molar-refractivity contribution in [2.75, 3.05) is 0 Å². The second-order valence-electron chi connectivity index (χ2n) is 3.54. The minimum atomic E-state index is -7.19. The molecule has 0 aromatic rings. The van der Waals surface area contributed by atoms with Crippen LogP contribution < -0.4 is 0 Å². The molecule has 0 amide bonds. The maximum atomic E-state index is 12.6. The largest absolute Gasteiger partial charge is 0.384 e. The molecule has 0 radical (unpaired) electrons. The Kier molecular flexibility index (Phi) is 2.57. The minimum Gasteiger partial charge on any atom is -0.356 e. The van der Waals surface area contributed by atoms with Gasteiger partial charge in [-0.1, -0.05) is 0 Å². The zero-order valence-electron chi connectivity index (χ0n) is 7.67. The van der Waals surface area contributed by atoms with Gasteiger partial charge in [0.2, 0.25) is 0 Å². The average Bonchev–Trinajstić information content (AvgIpc) is 2.14. The van der Waals surface area contributed by atoms with E-state index in [0.717, 1.165) is 0 Å². The van der Waals surface area contributed by atoms with Gasteiger partial charge >= 0.3 is 35.4 Å². The van der Waals surface area contributed by atoms with Gasteiger partial charge in [0.15, 0.2) is 0 Å². The molecule has 1 fully saturated rings. The van der Waals surface area contributed by atoms with Crippen LogP contribution in [0, 0.1) is 0 Å². The molecule has 0 spiro atoms. The third-order valence-corrected chi connectivity index (χ3v) is 2.45. The zero-order chi connectivity index (χ0) is 15.0. The van der Waals surface area contributed by atoms with E-state index in [9.17, 15) is 43.9 Å². The lowest BCUT2D eigenvalue weighted by Crippen LogP contribution is -2.85. The van der Waals surface area contributed by atoms with Gasteiger partial charge in [-0.2, -0.15) is 43.9 Å². The highest BCUT2D eigenvalue weighted by Crippen LogP contribution is 2.67. The van der Waals surface area contributed by atoms with Crippen LogP contribution in [0.3, 0.4) is 0 Å². The molecular weight excluding hydrogens is 294 g/mol. The van der Waals surface area contributed by atoms with Gasteiger partial charge in [-0.25, -0.2) is 0 Å². The molecular formula is C6H2F10O2. The Morgan fingerprint density at radius 2 is 0.556 bits per heavy atom. The van der Waals surface area contributed by atoms with Gasteiger partial charge in [-0.3, -0.25) is 0 Å². The van der Waals surface area contributed by atoms with Crippen molar-refractivity contribution in [3.05, 3.63) is 0 Å². The predicted molar refractivity (Wildman–Crippen MR) is 31.9 cm³/mol. The molecule has 0 aromatic heterocycles. The Morgan fingerprint density at radius 3 is 0.778 bits per heavy atom. The molecule has 0 saturated heterocycles. The van der Waals surface area contributed by atoms with Crippen molar-refractivity contribution in [1.82, 2.24) is 0 Å². The van der Waals surface area contributed by atoms with E-state index < -0.39 is 35.4 Å². The second kappa shape index (κ2) is 3.03. The van der Waals surface area contributed by atoms with Crippen LogP contribution in [0.4, 0.5) is 43.9 Å². The molecule has 2 N–H and O–H groups in total. The summed E-state index contributed by atoms with van der Waals surface area (Å²) in [7, 11) is 0. The topological polar surface area (TPSA) is 40.5 Å². The Bertz CT molecular complexity index is 256. The van der Waals surface area contributed by atoms with Gasteiger partial charge < -0.3 is 10.2 Å². The third kappa shape index (κ3) is 1.09. The fourth-order valence-corrected chi connectivity index (χ4v) is 1.23. The van der Waals surface area contributed by atoms with Crippen LogP contribution >= 0.6 is 0 Å². The van der Waals surface area contributed by atoms with Gasteiger partial charge in [-0.05, 0) is 0 Å². The molecule has 18 heavy (non-hydrogen) atoms. The van der Waals surface area contributed by atoms with E-state index in [1.54, 1.807) is 0 Å². The molecule has 0 heterocycles. The lowest BCUT2D eigenvalue weighted by atomic mass is 9.78. The monoisotopic (exact) mass is 296 g/mol. The summed E-state index contributed by atoms with van der Waals surface area (Å²) in [6, 6.07) is 0. The standard InChI is InChI=1S/C6H2F10O2/c7-1(8)2(9,10)4(13,14)6(17,18)5(15,16)3(1,11)12/h17-18H. The predicted octanol–water partition coefficient (Wildman–Crippen LogP) is 1.86. The summed E-state index contributed by atoms with van der Waals surface area (Å²) in [6.07, 6.45) is 0. The summed E-state index contributed by atoms with van der Waals surface area (Å²) >= 11 is 0. The van der Waals surface area contributed by atoms with Crippen LogP contribution in [0.25, 0.3) is 0 Å². The molecule has 0 unspecified atom stereocenters. The first-order valence-corrected chi connectivity index (χ1v) is 3.84. The molecule has 0 aliphatic heterocycles. The average molecular weight is 296 g/mol. The molecule has 108 valence electrons. The molecule has 2 nitrogen and oxygen atoms in total. The van der Waals surface area contributed by atoms with E-state index >= 15 is 0 Å². The van der Waals surface area contributed by atoms with Crippen molar-refractivity contribution >= 4 is 0 Å². The maximum Gasteiger partial charge on any atom is 0.384 e. The van der Waals surface area contributed by atoms with Crippen molar-refractivity contribution < 1.29 is 54.1 Å². The summed E-state index contributed by atoms with van der Waals surface area (Å²) < 4.78 is 125. The minimum absolute atomic E-state index is 6.35. The summed E-state index contributed by atoms with van der Waals surface area (Å²) in [5.74, 6) is -41.6. The van der Waals surface area contributed by atoms with Crippen LogP contribution in [0.1, 0.15) is 0 Å².